The Hall–Kier alpha value is -1.26. The standard InChI is InChI=1S/C13H15FN2S/c1-2-6-15-8-12-9-16-13(17-12)10-4-3-5-11(14)7-10/h3-5,7,9,15H,2,6,8H2,1H3. The molecule has 0 unspecified atom stereocenters. The number of aromatic nitrogens is 1. The molecule has 0 aliphatic heterocycles. The van der Waals surface area contributed by atoms with Gasteiger partial charge in [0.2, 0.25) is 0 Å². The molecular weight excluding hydrogens is 235 g/mol. The molecule has 2 nitrogen and oxygen atoms in total. The molecule has 0 atom stereocenters. The molecule has 1 aromatic heterocycles. The molecule has 17 heavy (non-hydrogen) atoms. The highest BCUT2D eigenvalue weighted by Gasteiger charge is 2.05. The van der Waals surface area contributed by atoms with Crippen molar-refractivity contribution in [2.45, 2.75) is 19.9 Å². The molecule has 0 saturated carbocycles. The fourth-order valence-electron chi connectivity index (χ4n) is 1.53. The van der Waals surface area contributed by atoms with Gasteiger partial charge in [-0.2, -0.15) is 0 Å². The molecule has 2 aromatic rings. The third kappa shape index (κ3) is 3.35. The second-order valence-corrected chi connectivity index (χ2v) is 4.93. The van der Waals surface area contributed by atoms with Crippen LogP contribution < -0.4 is 5.32 Å². The van der Waals surface area contributed by atoms with E-state index in [1.807, 2.05) is 12.3 Å². The first-order valence-electron chi connectivity index (χ1n) is 5.71. The summed E-state index contributed by atoms with van der Waals surface area (Å²) in [6, 6.07) is 6.55. The highest BCUT2D eigenvalue weighted by Crippen LogP contribution is 2.25. The molecule has 0 bridgehead atoms. The predicted octanol–water partition coefficient (Wildman–Crippen LogP) is 3.45. The minimum atomic E-state index is -0.219. The van der Waals surface area contributed by atoms with Crippen LogP contribution in [0.1, 0.15) is 18.2 Å². The highest BCUT2D eigenvalue weighted by molar-refractivity contribution is 7.15. The summed E-state index contributed by atoms with van der Waals surface area (Å²) in [5.41, 5.74) is 0.844. The van der Waals surface area contributed by atoms with Gasteiger partial charge >= 0.3 is 0 Å². The van der Waals surface area contributed by atoms with Gasteiger partial charge in [-0.25, -0.2) is 9.37 Å². The fraction of sp³-hybridized carbons (Fsp3) is 0.308. The van der Waals surface area contributed by atoms with Gasteiger partial charge in [-0.05, 0) is 25.1 Å². The lowest BCUT2D eigenvalue weighted by molar-refractivity contribution is 0.628. The van der Waals surface area contributed by atoms with E-state index in [1.165, 1.54) is 17.0 Å². The zero-order valence-corrected chi connectivity index (χ0v) is 10.6. The minimum Gasteiger partial charge on any atom is -0.312 e. The highest BCUT2D eigenvalue weighted by atomic mass is 32.1. The van der Waals surface area contributed by atoms with Crippen LogP contribution in [-0.4, -0.2) is 11.5 Å². The van der Waals surface area contributed by atoms with Crippen LogP contribution in [0.15, 0.2) is 30.5 Å². The maximum atomic E-state index is 13.1. The summed E-state index contributed by atoms with van der Waals surface area (Å²) < 4.78 is 13.1. The number of hydrogen-bond acceptors (Lipinski definition) is 3. The molecule has 1 aromatic carbocycles. The van der Waals surface area contributed by atoms with Gasteiger partial charge in [0.1, 0.15) is 10.8 Å². The first kappa shape index (κ1) is 12.2. The summed E-state index contributed by atoms with van der Waals surface area (Å²) in [4.78, 5) is 5.50. The molecular formula is C13H15FN2S. The number of benzene rings is 1. The van der Waals surface area contributed by atoms with Gasteiger partial charge in [-0.3, -0.25) is 0 Å². The third-order valence-corrected chi connectivity index (χ3v) is 3.40. The molecule has 2 rings (SSSR count). The summed E-state index contributed by atoms with van der Waals surface area (Å²) >= 11 is 1.60. The molecule has 0 radical (unpaired) electrons. The molecule has 0 aliphatic rings. The summed E-state index contributed by atoms with van der Waals surface area (Å²) in [7, 11) is 0. The van der Waals surface area contributed by atoms with E-state index in [9.17, 15) is 4.39 Å². The van der Waals surface area contributed by atoms with Crippen molar-refractivity contribution in [3.63, 3.8) is 0 Å². The van der Waals surface area contributed by atoms with Gasteiger partial charge in [0.15, 0.2) is 0 Å². The molecule has 0 fully saturated rings. The van der Waals surface area contributed by atoms with E-state index < -0.39 is 0 Å². The van der Waals surface area contributed by atoms with E-state index in [0.717, 1.165) is 30.1 Å². The maximum absolute atomic E-state index is 13.1. The number of hydrogen-bond donors (Lipinski definition) is 1. The van der Waals surface area contributed by atoms with E-state index in [4.69, 9.17) is 0 Å². The lowest BCUT2D eigenvalue weighted by atomic mass is 10.2. The maximum Gasteiger partial charge on any atom is 0.123 e. The molecule has 0 amide bonds. The van der Waals surface area contributed by atoms with Crippen molar-refractivity contribution in [2.75, 3.05) is 6.54 Å². The number of nitrogens with zero attached hydrogens (tertiary/aromatic N) is 1. The Morgan fingerprint density at radius 1 is 1.41 bits per heavy atom. The summed E-state index contributed by atoms with van der Waals surface area (Å²) in [5, 5.41) is 4.20. The number of thiazole rings is 1. The lowest BCUT2D eigenvalue weighted by Gasteiger charge is -1.98. The van der Waals surface area contributed by atoms with Crippen LogP contribution >= 0.6 is 11.3 Å². The van der Waals surface area contributed by atoms with Gasteiger partial charge < -0.3 is 5.32 Å². The van der Waals surface area contributed by atoms with Crippen molar-refractivity contribution < 1.29 is 4.39 Å². The Bertz CT molecular complexity index is 482. The summed E-state index contributed by atoms with van der Waals surface area (Å²) in [6.45, 7) is 3.98. The van der Waals surface area contributed by atoms with Crippen LogP contribution in [0.5, 0.6) is 0 Å². The van der Waals surface area contributed by atoms with Crippen molar-refractivity contribution in [2.24, 2.45) is 0 Å². The van der Waals surface area contributed by atoms with E-state index in [-0.39, 0.29) is 5.82 Å². The van der Waals surface area contributed by atoms with Crippen molar-refractivity contribution >= 4 is 11.3 Å². The van der Waals surface area contributed by atoms with Crippen molar-refractivity contribution in [3.8, 4) is 10.6 Å². The van der Waals surface area contributed by atoms with E-state index in [0.29, 0.717) is 0 Å². The Labute approximate surface area is 105 Å². The summed E-state index contributed by atoms with van der Waals surface area (Å²) in [5.74, 6) is -0.219. The average Bonchev–Trinajstić information content (AvgIpc) is 2.78. The topological polar surface area (TPSA) is 24.9 Å². The molecule has 4 heteroatoms. The van der Waals surface area contributed by atoms with Crippen LogP contribution in [0, 0.1) is 5.82 Å². The summed E-state index contributed by atoms with van der Waals surface area (Å²) in [6.07, 6.45) is 2.98. The monoisotopic (exact) mass is 250 g/mol. The minimum absolute atomic E-state index is 0.219. The zero-order valence-electron chi connectivity index (χ0n) is 9.74. The zero-order chi connectivity index (χ0) is 12.1. The molecule has 1 N–H and O–H groups in total. The second kappa shape index (κ2) is 5.89. The van der Waals surface area contributed by atoms with E-state index in [2.05, 4.69) is 17.2 Å². The lowest BCUT2D eigenvalue weighted by Crippen LogP contribution is -2.12. The first-order valence-corrected chi connectivity index (χ1v) is 6.52. The SMILES string of the molecule is CCCNCc1cnc(-c2cccc(F)c2)s1. The van der Waals surface area contributed by atoms with Gasteiger partial charge in [-0.15, -0.1) is 11.3 Å². The number of rotatable bonds is 5. The van der Waals surface area contributed by atoms with Gasteiger partial charge in [0.05, 0.1) is 0 Å². The van der Waals surface area contributed by atoms with Crippen LogP contribution in [0.2, 0.25) is 0 Å². The normalized spacial score (nSPS) is 10.7. The fourth-order valence-corrected chi connectivity index (χ4v) is 2.41. The van der Waals surface area contributed by atoms with Crippen LogP contribution in [-0.2, 0) is 6.54 Å². The predicted molar refractivity (Wildman–Crippen MR) is 69.5 cm³/mol. The van der Waals surface area contributed by atoms with Crippen LogP contribution in [0.25, 0.3) is 10.6 Å². The van der Waals surface area contributed by atoms with Gasteiger partial charge in [-0.1, -0.05) is 19.1 Å². The van der Waals surface area contributed by atoms with E-state index >= 15 is 0 Å². The Morgan fingerprint density at radius 2 is 2.29 bits per heavy atom. The van der Waals surface area contributed by atoms with Crippen LogP contribution in [0.4, 0.5) is 4.39 Å². The second-order valence-electron chi connectivity index (χ2n) is 3.82. The van der Waals surface area contributed by atoms with Gasteiger partial charge in [0, 0.05) is 23.2 Å². The Balaban J connectivity index is 2.07. The van der Waals surface area contributed by atoms with Crippen LogP contribution in [0.3, 0.4) is 0 Å². The number of nitrogens with one attached hydrogen (secondary N) is 1. The average molecular weight is 250 g/mol. The van der Waals surface area contributed by atoms with Crippen molar-refractivity contribution in [1.29, 1.82) is 0 Å². The number of halogens is 1. The van der Waals surface area contributed by atoms with Gasteiger partial charge in [0.25, 0.3) is 0 Å². The van der Waals surface area contributed by atoms with E-state index in [1.54, 1.807) is 17.4 Å². The molecule has 1 heterocycles. The first-order chi connectivity index (χ1) is 8.29. The van der Waals surface area contributed by atoms with Crippen molar-refractivity contribution in [1.82, 2.24) is 10.3 Å². The largest absolute Gasteiger partial charge is 0.312 e. The molecule has 0 aliphatic carbocycles. The molecule has 0 saturated heterocycles. The molecule has 90 valence electrons. The Kier molecular flexibility index (Phi) is 4.23. The molecule has 0 spiro atoms. The third-order valence-electron chi connectivity index (χ3n) is 2.35. The smallest absolute Gasteiger partial charge is 0.123 e. The quantitative estimate of drug-likeness (QED) is 0.822. The Morgan fingerprint density at radius 3 is 3.06 bits per heavy atom. The van der Waals surface area contributed by atoms with Crippen molar-refractivity contribution in [3.05, 3.63) is 41.2 Å².